The summed E-state index contributed by atoms with van der Waals surface area (Å²) in [5.41, 5.74) is 1.21. The normalized spacial score (nSPS) is 10.6. The maximum Gasteiger partial charge on any atom is 0.412 e. The number of hydrogen-bond acceptors (Lipinski definition) is 5. The molecule has 2 aromatic carbocycles. The Morgan fingerprint density at radius 2 is 1.93 bits per heavy atom. The Labute approximate surface area is 168 Å². The molecule has 0 atom stereocenters. The summed E-state index contributed by atoms with van der Waals surface area (Å²) in [5, 5.41) is 12.0. The van der Waals surface area contributed by atoms with E-state index in [4.69, 9.17) is 28.3 Å². The first-order chi connectivity index (χ1) is 13.3. The van der Waals surface area contributed by atoms with Crippen LogP contribution in [0.2, 0.25) is 10.0 Å². The van der Waals surface area contributed by atoms with Crippen LogP contribution in [0.1, 0.15) is 5.56 Å². The topological polar surface area (TPSA) is 111 Å². The quantitative estimate of drug-likeness (QED) is 0.652. The average Bonchev–Trinajstić information content (AvgIpc) is 2.65. The molecular weight excluding hydrogens is 409 g/mol. The number of carbonyl (C=O) groups excluding carboxylic acids is 1. The fourth-order valence-electron chi connectivity index (χ4n) is 2.46. The number of benzene rings is 2. The Morgan fingerprint density at radius 3 is 2.64 bits per heavy atom. The maximum atomic E-state index is 12.7. The van der Waals surface area contributed by atoms with Crippen molar-refractivity contribution < 1.29 is 19.4 Å². The monoisotopic (exact) mass is 421 g/mol. The van der Waals surface area contributed by atoms with E-state index in [9.17, 15) is 14.4 Å². The Hall–Kier alpha value is -3.10. The third-order valence-corrected chi connectivity index (χ3v) is 4.47. The molecule has 1 aromatic heterocycles. The van der Waals surface area contributed by atoms with Crippen LogP contribution in [-0.4, -0.2) is 33.3 Å². The van der Waals surface area contributed by atoms with Crippen molar-refractivity contribution in [2.24, 2.45) is 0 Å². The third kappa shape index (κ3) is 4.59. The Balaban J connectivity index is 1.82. The van der Waals surface area contributed by atoms with Gasteiger partial charge in [0.2, 0.25) is 0 Å². The summed E-state index contributed by atoms with van der Waals surface area (Å²) < 4.78 is 5.92. The van der Waals surface area contributed by atoms with Crippen molar-refractivity contribution in [1.82, 2.24) is 9.55 Å². The number of nitrogens with one attached hydrogen (secondary N) is 1. The van der Waals surface area contributed by atoms with Crippen LogP contribution in [0.25, 0.3) is 10.9 Å². The first-order valence-electron chi connectivity index (χ1n) is 7.92. The van der Waals surface area contributed by atoms with Gasteiger partial charge in [0, 0.05) is 5.69 Å². The predicted octanol–water partition coefficient (Wildman–Crippen LogP) is 3.38. The van der Waals surface area contributed by atoms with E-state index in [0.717, 1.165) is 5.56 Å². The van der Waals surface area contributed by atoms with Gasteiger partial charge in [-0.15, -0.1) is 0 Å². The molecule has 8 nitrogen and oxygen atoms in total. The number of hydrogen-bond donors (Lipinski definition) is 2. The van der Waals surface area contributed by atoms with Crippen LogP contribution in [-0.2, 0) is 16.1 Å². The van der Waals surface area contributed by atoms with E-state index >= 15 is 0 Å². The molecule has 0 spiro atoms. The van der Waals surface area contributed by atoms with Gasteiger partial charge in [0.15, 0.2) is 6.61 Å². The molecule has 1 amide bonds. The second-order valence-corrected chi connectivity index (χ2v) is 6.57. The first kappa shape index (κ1) is 19.7. The summed E-state index contributed by atoms with van der Waals surface area (Å²) >= 11 is 11.9. The van der Waals surface area contributed by atoms with Crippen LogP contribution < -0.4 is 10.9 Å². The van der Waals surface area contributed by atoms with Crippen molar-refractivity contribution in [3.63, 3.8) is 0 Å². The average molecular weight is 422 g/mol. The highest BCUT2D eigenvalue weighted by Gasteiger charge is 2.10. The largest absolute Gasteiger partial charge is 0.479 e. The maximum absolute atomic E-state index is 12.7. The van der Waals surface area contributed by atoms with Crippen molar-refractivity contribution in [2.45, 2.75) is 6.54 Å². The van der Waals surface area contributed by atoms with Crippen LogP contribution in [0.4, 0.5) is 10.5 Å². The van der Waals surface area contributed by atoms with Gasteiger partial charge in [-0.3, -0.25) is 14.7 Å². The van der Waals surface area contributed by atoms with Crippen LogP contribution in [0, 0.1) is 0 Å². The van der Waals surface area contributed by atoms with Crippen LogP contribution in [0.15, 0.2) is 47.5 Å². The highest BCUT2D eigenvalue weighted by molar-refractivity contribution is 6.42. The minimum Gasteiger partial charge on any atom is -0.479 e. The molecule has 0 aliphatic carbocycles. The zero-order valence-corrected chi connectivity index (χ0v) is 15.7. The number of carboxylic acid groups (broad SMARTS) is 1. The number of rotatable bonds is 5. The molecule has 1 heterocycles. The summed E-state index contributed by atoms with van der Waals surface area (Å²) in [6.07, 6.45) is 0.467. The van der Waals surface area contributed by atoms with Crippen molar-refractivity contribution in [3.8, 4) is 0 Å². The van der Waals surface area contributed by atoms with Gasteiger partial charge in [-0.05, 0) is 35.9 Å². The van der Waals surface area contributed by atoms with Gasteiger partial charge in [0.05, 0.1) is 33.8 Å². The predicted molar refractivity (Wildman–Crippen MR) is 104 cm³/mol. The summed E-state index contributed by atoms with van der Waals surface area (Å²) in [4.78, 5) is 38.8. The smallest absolute Gasteiger partial charge is 0.412 e. The van der Waals surface area contributed by atoms with Gasteiger partial charge in [0.1, 0.15) is 0 Å². The van der Waals surface area contributed by atoms with Gasteiger partial charge < -0.3 is 9.84 Å². The Kier molecular flexibility index (Phi) is 5.81. The molecule has 0 bridgehead atoms. The SMILES string of the molecule is O=C(O)COC(=O)Nc1ccc2c(=O)n(Cc3ccc(Cl)c(Cl)c3)cnc2c1. The molecule has 144 valence electrons. The van der Waals surface area contributed by atoms with Gasteiger partial charge >= 0.3 is 12.1 Å². The molecule has 0 radical (unpaired) electrons. The molecule has 0 aliphatic rings. The lowest BCUT2D eigenvalue weighted by atomic mass is 10.2. The van der Waals surface area contributed by atoms with Gasteiger partial charge in [-0.2, -0.15) is 0 Å². The number of aliphatic carboxylic acids is 1. The summed E-state index contributed by atoms with van der Waals surface area (Å²) in [7, 11) is 0. The minimum absolute atomic E-state index is 0.264. The summed E-state index contributed by atoms with van der Waals surface area (Å²) in [5.74, 6) is -1.27. The van der Waals surface area contributed by atoms with E-state index in [-0.39, 0.29) is 12.1 Å². The number of nitrogens with zero attached hydrogens (tertiary/aromatic N) is 2. The highest BCUT2D eigenvalue weighted by Crippen LogP contribution is 2.23. The molecule has 3 rings (SSSR count). The lowest BCUT2D eigenvalue weighted by Gasteiger charge is -2.09. The number of carbonyl (C=O) groups is 2. The van der Waals surface area contributed by atoms with Gasteiger partial charge in [0.25, 0.3) is 5.56 Å². The van der Waals surface area contributed by atoms with E-state index in [1.165, 1.54) is 29.1 Å². The van der Waals surface area contributed by atoms with Crippen molar-refractivity contribution >= 4 is 51.9 Å². The van der Waals surface area contributed by atoms with E-state index < -0.39 is 18.7 Å². The standard InChI is InChI=1S/C18H13Cl2N3O5/c19-13-4-1-10(5-14(13)20)7-23-9-21-15-6-11(2-3-12(15)17(23)26)22-18(27)28-8-16(24)25/h1-6,9H,7-8H2,(H,22,27)(H,24,25). The molecular formula is C18H13Cl2N3O5. The van der Waals surface area contributed by atoms with E-state index in [0.29, 0.717) is 26.6 Å². The van der Waals surface area contributed by atoms with Gasteiger partial charge in [-0.1, -0.05) is 29.3 Å². The number of amides is 1. The molecule has 28 heavy (non-hydrogen) atoms. The van der Waals surface area contributed by atoms with E-state index in [2.05, 4.69) is 15.0 Å². The lowest BCUT2D eigenvalue weighted by Crippen LogP contribution is -2.21. The number of halogens is 2. The number of fused-ring (bicyclic) bond motifs is 1. The number of carboxylic acids is 1. The molecule has 0 aliphatic heterocycles. The minimum atomic E-state index is -1.27. The van der Waals surface area contributed by atoms with Crippen LogP contribution in [0.3, 0.4) is 0 Å². The van der Waals surface area contributed by atoms with E-state index in [1.807, 2.05) is 0 Å². The highest BCUT2D eigenvalue weighted by atomic mass is 35.5. The molecule has 0 unspecified atom stereocenters. The third-order valence-electron chi connectivity index (χ3n) is 3.74. The second kappa shape index (κ2) is 8.28. The molecule has 0 saturated heterocycles. The zero-order valence-electron chi connectivity index (χ0n) is 14.2. The molecule has 0 fully saturated rings. The zero-order chi connectivity index (χ0) is 20.3. The number of aromatic nitrogens is 2. The molecule has 10 heteroatoms. The van der Waals surface area contributed by atoms with Crippen LogP contribution in [0.5, 0.6) is 0 Å². The van der Waals surface area contributed by atoms with Crippen molar-refractivity contribution in [1.29, 1.82) is 0 Å². The molecule has 2 N–H and O–H groups in total. The Morgan fingerprint density at radius 1 is 1.14 bits per heavy atom. The molecule has 0 saturated carbocycles. The second-order valence-electron chi connectivity index (χ2n) is 5.75. The lowest BCUT2D eigenvalue weighted by molar-refractivity contribution is -0.140. The van der Waals surface area contributed by atoms with Crippen molar-refractivity contribution in [2.75, 3.05) is 11.9 Å². The van der Waals surface area contributed by atoms with E-state index in [1.54, 1.807) is 18.2 Å². The summed E-state index contributed by atoms with van der Waals surface area (Å²) in [6, 6.07) is 9.60. The van der Waals surface area contributed by atoms with Crippen LogP contribution >= 0.6 is 23.2 Å². The number of anilines is 1. The Bertz CT molecular complexity index is 1130. The molecule has 3 aromatic rings. The fourth-order valence-corrected chi connectivity index (χ4v) is 2.79. The first-order valence-corrected chi connectivity index (χ1v) is 8.68. The van der Waals surface area contributed by atoms with Gasteiger partial charge in [-0.25, -0.2) is 14.6 Å². The van der Waals surface area contributed by atoms with Crippen molar-refractivity contribution in [3.05, 3.63) is 68.7 Å². The number of ether oxygens (including phenoxy) is 1. The summed E-state index contributed by atoms with van der Waals surface area (Å²) in [6.45, 7) is -0.489. The fraction of sp³-hybridized carbons (Fsp3) is 0.111.